The summed E-state index contributed by atoms with van der Waals surface area (Å²) >= 11 is 0. The van der Waals surface area contributed by atoms with Crippen molar-refractivity contribution in [2.75, 3.05) is 33.2 Å². The van der Waals surface area contributed by atoms with E-state index in [1.807, 2.05) is 24.1 Å². The molecule has 3 heterocycles. The van der Waals surface area contributed by atoms with Crippen molar-refractivity contribution < 1.29 is 29.0 Å². The van der Waals surface area contributed by atoms with E-state index in [9.17, 15) is 14.4 Å². The first-order chi connectivity index (χ1) is 15.3. The van der Waals surface area contributed by atoms with Crippen molar-refractivity contribution >= 4 is 17.8 Å². The highest BCUT2D eigenvalue weighted by Crippen LogP contribution is 2.41. The van der Waals surface area contributed by atoms with Crippen molar-refractivity contribution in [3.63, 3.8) is 0 Å². The van der Waals surface area contributed by atoms with E-state index in [1.54, 1.807) is 24.3 Å². The Kier molecular flexibility index (Phi) is 6.59. The molecule has 32 heavy (non-hydrogen) atoms. The molecule has 2 bridgehead atoms. The molecule has 2 fully saturated rings. The molecule has 1 aromatic carbocycles. The number of rotatable bonds is 7. The fraction of sp³-hybridized carbons (Fsp3) is 0.522. The van der Waals surface area contributed by atoms with Crippen molar-refractivity contribution in [2.45, 2.75) is 31.3 Å². The Morgan fingerprint density at radius 3 is 2.28 bits per heavy atom. The van der Waals surface area contributed by atoms with Gasteiger partial charge in [-0.3, -0.25) is 14.4 Å². The Balaban J connectivity index is 1.36. The van der Waals surface area contributed by atoms with Crippen LogP contribution in [0.25, 0.3) is 0 Å². The number of nitrogens with two attached hydrogens (primary N) is 1. The van der Waals surface area contributed by atoms with E-state index in [4.69, 9.17) is 20.3 Å². The van der Waals surface area contributed by atoms with Gasteiger partial charge in [0.25, 0.3) is 0 Å². The lowest BCUT2D eigenvalue weighted by atomic mass is 9.82. The highest BCUT2D eigenvalue weighted by molar-refractivity contribution is 5.88. The molecule has 172 valence electrons. The molecule has 1 amide bonds. The smallest absolute Gasteiger partial charge is 0.320 e. The molecule has 9 nitrogen and oxygen atoms in total. The van der Waals surface area contributed by atoms with Gasteiger partial charge in [0, 0.05) is 26.2 Å². The van der Waals surface area contributed by atoms with E-state index in [2.05, 4.69) is 4.90 Å². The maximum atomic E-state index is 13.2. The average molecular weight is 444 g/mol. The van der Waals surface area contributed by atoms with Crippen LogP contribution >= 0.6 is 0 Å². The molecular formula is C23H29N3O6. The summed E-state index contributed by atoms with van der Waals surface area (Å²) in [5.74, 6) is -2.74. The van der Waals surface area contributed by atoms with Crippen molar-refractivity contribution in [1.29, 1.82) is 0 Å². The van der Waals surface area contributed by atoms with Gasteiger partial charge in [-0.25, -0.2) is 0 Å². The summed E-state index contributed by atoms with van der Waals surface area (Å²) in [6, 6.07) is 6.14. The van der Waals surface area contributed by atoms with Gasteiger partial charge in [-0.05, 0) is 24.6 Å². The minimum atomic E-state index is -1.05. The van der Waals surface area contributed by atoms with Gasteiger partial charge in [0.05, 0.1) is 18.1 Å². The molecule has 2 saturated heterocycles. The predicted molar refractivity (Wildman–Crippen MR) is 114 cm³/mol. The van der Waals surface area contributed by atoms with Crippen LogP contribution < -0.4 is 5.73 Å². The molecule has 0 radical (unpaired) electrons. The number of aliphatic carboxylic acids is 1. The van der Waals surface area contributed by atoms with Crippen LogP contribution in [0.5, 0.6) is 0 Å². The Hall–Kier alpha value is -2.75. The van der Waals surface area contributed by atoms with Crippen molar-refractivity contribution in [1.82, 2.24) is 9.80 Å². The Morgan fingerprint density at radius 1 is 1.06 bits per heavy atom. The number of carbonyl (C=O) groups excluding carboxylic acids is 2. The number of hydrogen-bond donors (Lipinski definition) is 2. The van der Waals surface area contributed by atoms with Crippen molar-refractivity contribution in [2.24, 2.45) is 17.6 Å². The molecule has 0 aromatic heterocycles. The zero-order chi connectivity index (χ0) is 22.8. The molecule has 3 unspecified atom stereocenters. The maximum absolute atomic E-state index is 13.2. The SMILES string of the molecule is CN1CCN(C(=O)C2C(C(=O)OCc3ccc(CC(N)C(=O)O)cc3)[C@H]3C=C[C@H]2O3)CC1. The van der Waals surface area contributed by atoms with Gasteiger partial charge in [0.1, 0.15) is 18.6 Å². The third kappa shape index (κ3) is 4.69. The van der Waals surface area contributed by atoms with Crippen molar-refractivity contribution in [3.8, 4) is 0 Å². The molecular weight excluding hydrogens is 414 g/mol. The summed E-state index contributed by atoms with van der Waals surface area (Å²) in [6.07, 6.45) is 3.11. The number of fused-ring (bicyclic) bond motifs is 2. The molecule has 3 N–H and O–H groups in total. The summed E-state index contributed by atoms with van der Waals surface area (Å²) in [4.78, 5) is 41.0. The lowest BCUT2D eigenvalue weighted by Gasteiger charge is -2.35. The molecule has 3 aliphatic rings. The van der Waals surface area contributed by atoms with Gasteiger partial charge < -0.3 is 30.1 Å². The molecule has 9 heteroatoms. The van der Waals surface area contributed by atoms with Gasteiger partial charge in [0.15, 0.2) is 0 Å². The number of carboxylic acid groups (broad SMARTS) is 1. The molecule has 4 rings (SSSR count). The quantitative estimate of drug-likeness (QED) is 0.447. The van der Waals surface area contributed by atoms with E-state index < -0.39 is 35.9 Å². The van der Waals surface area contributed by atoms with Gasteiger partial charge in [-0.15, -0.1) is 0 Å². The summed E-state index contributed by atoms with van der Waals surface area (Å²) in [7, 11) is 2.03. The first kappa shape index (κ1) is 22.4. The van der Waals surface area contributed by atoms with E-state index >= 15 is 0 Å². The number of carboxylic acids is 1. The second-order valence-electron chi connectivity index (χ2n) is 8.70. The number of piperazine rings is 1. The zero-order valence-corrected chi connectivity index (χ0v) is 18.1. The normalized spacial score (nSPS) is 28.0. The number of carbonyl (C=O) groups is 3. The summed E-state index contributed by atoms with van der Waals surface area (Å²) in [5.41, 5.74) is 7.12. The number of benzene rings is 1. The number of ether oxygens (including phenoxy) is 2. The van der Waals surface area contributed by atoms with Crippen LogP contribution in [-0.2, 0) is 36.9 Å². The number of amides is 1. The zero-order valence-electron chi connectivity index (χ0n) is 18.1. The van der Waals surface area contributed by atoms with Gasteiger partial charge in [0.2, 0.25) is 5.91 Å². The van der Waals surface area contributed by atoms with Crippen molar-refractivity contribution in [3.05, 3.63) is 47.5 Å². The van der Waals surface area contributed by atoms with Crippen LogP contribution in [0.15, 0.2) is 36.4 Å². The Morgan fingerprint density at radius 2 is 1.66 bits per heavy atom. The van der Waals surface area contributed by atoms with E-state index in [0.717, 1.165) is 24.2 Å². The van der Waals surface area contributed by atoms with Crippen LogP contribution in [-0.4, -0.2) is 84.2 Å². The van der Waals surface area contributed by atoms with Crippen LogP contribution in [0.4, 0.5) is 0 Å². The highest BCUT2D eigenvalue weighted by Gasteiger charge is 2.54. The third-order valence-corrected chi connectivity index (χ3v) is 6.45. The summed E-state index contributed by atoms with van der Waals surface area (Å²) in [5, 5.41) is 8.92. The van der Waals surface area contributed by atoms with Gasteiger partial charge >= 0.3 is 11.9 Å². The first-order valence-corrected chi connectivity index (χ1v) is 10.9. The largest absolute Gasteiger partial charge is 0.480 e. The number of hydrogen-bond acceptors (Lipinski definition) is 7. The van der Waals surface area contributed by atoms with E-state index in [0.29, 0.717) is 13.1 Å². The molecule has 0 spiro atoms. The maximum Gasteiger partial charge on any atom is 0.320 e. The summed E-state index contributed by atoms with van der Waals surface area (Å²) < 4.78 is 11.4. The highest BCUT2D eigenvalue weighted by atomic mass is 16.5. The monoisotopic (exact) mass is 443 g/mol. The first-order valence-electron chi connectivity index (χ1n) is 10.9. The van der Waals surface area contributed by atoms with E-state index in [-0.39, 0.29) is 25.0 Å². The molecule has 0 aliphatic carbocycles. The minimum absolute atomic E-state index is 0.0453. The summed E-state index contributed by atoms with van der Waals surface area (Å²) in [6.45, 7) is 2.98. The second-order valence-corrected chi connectivity index (χ2v) is 8.70. The fourth-order valence-corrected chi connectivity index (χ4v) is 4.48. The molecule has 3 aliphatic heterocycles. The Labute approximate surface area is 186 Å². The lowest BCUT2D eigenvalue weighted by Crippen LogP contribution is -2.52. The van der Waals surface area contributed by atoms with Crippen LogP contribution in [0.1, 0.15) is 11.1 Å². The fourth-order valence-electron chi connectivity index (χ4n) is 4.48. The minimum Gasteiger partial charge on any atom is -0.480 e. The van der Waals surface area contributed by atoms with Gasteiger partial charge in [-0.1, -0.05) is 36.4 Å². The number of likely N-dealkylation sites (N-methyl/N-ethyl adjacent to an activating group) is 1. The number of esters is 1. The van der Waals surface area contributed by atoms with Crippen LogP contribution in [0.2, 0.25) is 0 Å². The van der Waals surface area contributed by atoms with Crippen LogP contribution in [0, 0.1) is 11.8 Å². The lowest BCUT2D eigenvalue weighted by molar-refractivity contribution is -0.156. The molecule has 0 saturated carbocycles. The van der Waals surface area contributed by atoms with Crippen LogP contribution in [0.3, 0.4) is 0 Å². The topological polar surface area (TPSA) is 122 Å². The average Bonchev–Trinajstić information content (AvgIpc) is 3.40. The predicted octanol–water partition coefficient (Wildman–Crippen LogP) is 0.0278. The third-order valence-electron chi connectivity index (χ3n) is 6.45. The number of nitrogens with zero attached hydrogens (tertiary/aromatic N) is 2. The van der Waals surface area contributed by atoms with Gasteiger partial charge in [-0.2, -0.15) is 0 Å². The Bertz CT molecular complexity index is 893. The van der Waals surface area contributed by atoms with E-state index in [1.165, 1.54) is 0 Å². The molecule has 1 aromatic rings. The molecule has 5 atom stereocenters. The standard InChI is InChI=1S/C23H29N3O6/c1-25-8-10-26(11-9-25)21(27)19-17-6-7-18(32-17)20(19)23(30)31-13-15-4-2-14(3-5-15)12-16(24)22(28)29/h2-7,16-20H,8-13,24H2,1H3,(H,28,29)/t16?,17-,18-,19?,20?/m1/s1. The second kappa shape index (κ2) is 9.40.